The Kier molecular flexibility index (Phi) is 4.97. The van der Waals surface area contributed by atoms with Gasteiger partial charge in [-0.25, -0.2) is 4.84 Å². The Bertz CT molecular complexity index is 843. The van der Waals surface area contributed by atoms with Crippen LogP contribution in [0.2, 0.25) is 0 Å². The van der Waals surface area contributed by atoms with Crippen LogP contribution in [0.5, 0.6) is 5.75 Å². The molecule has 0 saturated heterocycles. The lowest BCUT2D eigenvalue weighted by Gasteiger charge is -2.14. The molecule has 0 spiro atoms. The Labute approximate surface area is 150 Å². The van der Waals surface area contributed by atoms with Crippen LogP contribution < -0.4 is 4.74 Å². The highest BCUT2D eigenvalue weighted by Gasteiger charge is 2.34. The van der Waals surface area contributed by atoms with E-state index >= 15 is 0 Å². The number of hydrogen-bond donors (Lipinski definition) is 0. The van der Waals surface area contributed by atoms with Crippen molar-refractivity contribution in [2.24, 2.45) is 0 Å². The maximum absolute atomic E-state index is 12.3. The van der Waals surface area contributed by atoms with Crippen LogP contribution in [0.25, 0.3) is 0 Å². The fourth-order valence-corrected chi connectivity index (χ4v) is 2.88. The molecule has 7 nitrogen and oxygen atoms in total. The highest BCUT2D eigenvalue weighted by atomic mass is 16.8. The molecule has 7 heteroatoms. The number of rotatable bonds is 7. The molecule has 1 aliphatic heterocycles. The minimum absolute atomic E-state index is 0.263. The second-order valence-electron chi connectivity index (χ2n) is 5.90. The summed E-state index contributed by atoms with van der Waals surface area (Å²) < 4.78 is 5.65. The highest BCUT2D eigenvalue weighted by Crippen LogP contribution is 2.24. The molecule has 2 amide bonds. The molecule has 0 aliphatic carbocycles. The number of ether oxygens (including phenoxy) is 1. The van der Waals surface area contributed by atoms with Gasteiger partial charge >= 0.3 is 5.69 Å². The van der Waals surface area contributed by atoms with Gasteiger partial charge < -0.3 is 4.74 Å². The van der Waals surface area contributed by atoms with E-state index in [1.807, 2.05) is 0 Å². The first kappa shape index (κ1) is 17.6. The summed E-state index contributed by atoms with van der Waals surface area (Å²) in [5.74, 6) is 0.0833. The number of imide groups is 1. The Balaban J connectivity index is 1.54. The molecule has 134 valence electrons. The fourth-order valence-electron chi connectivity index (χ4n) is 2.88. The van der Waals surface area contributed by atoms with Gasteiger partial charge in [-0.3, -0.25) is 14.5 Å². The minimum Gasteiger partial charge on any atom is -0.494 e. The molecular formula is C19H19N2O5+. The van der Waals surface area contributed by atoms with E-state index in [1.165, 1.54) is 12.0 Å². The summed E-state index contributed by atoms with van der Waals surface area (Å²) >= 11 is 0. The Morgan fingerprint density at radius 2 is 1.69 bits per heavy atom. The SMILES string of the molecule is CO[N+](=O)c1ccc(OCCCN2C(=O)c3ccccc3C2=O)cc1C. The number of amides is 2. The maximum atomic E-state index is 12.3. The third kappa shape index (κ3) is 3.28. The molecule has 1 aliphatic rings. The van der Waals surface area contributed by atoms with Gasteiger partial charge in [-0.1, -0.05) is 12.1 Å². The van der Waals surface area contributed by atoms with Gasteiger partial charge in [0.2, 0.25) is 0 Å². The lowest BCUT2D eigenvalue weighted by Crippen LogP contribution is -2.31. The molecule has 0 radical (unpaired) electrons. The van der Waals surface area contributed by atoms with Gasteiger partial charge in [0.15, 0.2) is 7.11 Å². The zero-order valence-electron chi connectivity index (χ0n) is 14.6. The van der Waals surface area contributed by atoms with Crippen molar-refractivity contribution in [2.45, 2.75) is 13.3 Å². The number of aryl methyl sites for hydroxylation is 1. The van der Waals surface area contributed by atoms with Crippen LogP contribution in [0.3, 0.4) is 0 Å². The zero-order chi connectivity index (χ0) is 18.7. The van der Waals surface area contributed by atoms with Crippen LogP contribution in [0.4, 0.5) is 5.69 Å². The molecule has 0 N–H and O–H groups in total. The number of benzene rings is 2. The summed E-state index contributed by atoms with van der Waals surface area (Å²) in [5, 5.41) is 0. The average Bonchev–Trinajstić information content (AvgIpc) is 2.89. The molecule has 3 rings (SSSR count). The van der Waals surface area contributed by atoms with Crippen molar-refractivity contribution in [3.63, 3.8) is 0 Å². The Hall–Kier alpha value is -3.22. The maximum Gasteiger partial charge on any atom is 0.319 e. The van der Waals surface area contributed by atoms with Crippen molar-refractivity contribution in [1.29, 1.82) is 0 Å². The third-order valence-corrected chi connectivity index (χ3v) is 4.20. The molecule has 0 fully saturated rings. The lowest BCUT2D eigenvalue weighted by molar-refractivity contribution is -0.737. The fraction of sp³-hybridized carbons (Fsp3) is 0.263. The topological polar surface area (TPSA) is 75.9 Å². The van der Waals surface area contributed by atoms with Crippen molar-refractivity contribution < 1.29 is 24.1 Å². The summed E-state index contributed by atoms with van der Waals surface area (Å²) in [4.78, 5) is 42.3. The largest absolute Gasteiger partial charge is 0.494 e. The quantitative estimate of drug-likeness (QED) is 0.433. The number of hydrogen-bond acceptors (Lipinski definition) is 5. The van der Waals surface area contributed by atoms with Gasteiger partial charge in [0.05, 0.1) is 22.6 Å². The molecule has 2 aromatic rings. The van der Waals surface area contributed by atoms with Crippen LogP contribution in [0.1, 0.15) is 32.7 Å². The van der Waals surface area contributed by atoms with Crippen molar-refractivity contribution in [1.82, 2.24) is 4.90 Å². The molecule has 0 bridgehead atoms. The van der Waals surface area contributed by atoms with Crippen molar-refractivity contribution >= 4 is 17.5 Å². The van der Waals surface area contributed by atoms with E-state index in [1.54, 1.807) is 49.4 Å². The number of fused-ring (bicyclic) bond motifs is 1. The van der Waals surface area contributed by atoms with E-state index in [4.69, 9.17) is 4.74 Å². The van der Waals surface area contributed by atoms with Crippen molar-refractivity contribution in [3.05, 3.63) is 64.1 Å². The summed E-state index contributed by atoms with van der Waals surface area (Å²) in [6, 6.07) is 11.8. The van der Waals surface area contributed by atoms with Gasteiger partial charge in [0.25, 0.3) is 16.7 Å². The number of carbonyl (C=O) groups excluding carboxylic acids is 2. The summed E-state index contributed by atoms with van der Waals surface area (Å²) in [6.07, 6.45) is 0.512. The number of nitrogens with zero attached hydrogens (tertiary/aromatic N) is 2. The van der Waals surface area contributed by atoms with Gasteiger partial charge in [-0.05, 0) is 37.6 Å². The molecule has 2 aromatic carbocycles. The van der Waals surface area contributed by atoms with E-state index in [2.05, 4.69) is 4.84 Å². The molecule has 0 unspecified atom stereocenters. The average molecular weight is 355 g/mol. The van der Waals surface area contributed by atoms with Crippen LogP contribution >= 0.6 is 0 Å². The molecule has 0 aromatic heterocycles. The molecular weight excluding hydrogens is 336 g/mol. The van der Waals surface area contributed by atoms with Crippen molar-refractivity contribution in [3.8, 4) is 5.75 Å². The lowest BCUT2D eigenvalue weighted by atomic mass is 10.1. The first-order valence-corrected chi connectivity index (χ1v) is 8.23. The smallest absolute Gasteiger partial charge is 0.319 e. The Morgan fingerprint density at radius 1 is 1.04 bits per heavy atom. The van der Waals surface area contributed by atoms with Gasteiger partial charge in [-0.2, -0.15) is 0 Å². The minimum atomic E-state index is -0.263. The van der Waals surface area contributed by atoms with Crippen LogP contribution in [-0.2, 0) is 4.84 Å². The monoisotopic (exact) mass is 355 g/mol. The normalized spacial score (nSPS) is 12.9. The first-order valence-electron chi connectivity index (χ1n) is 8.23. The van der Waals surface area contributed by atoms with E-state index < -0.39 is 0 Å². The highest BCUT2D eigenvalue weighted by molar-refractivity contribution is 6.21. The first-order chi connectivity index (χ1) is 12.5. The second-order valence-corrected chi connectivity index (χ2v) is 5.90. The second kappa shape index (κ2) is 7.35. The zero-order valence-corrected chi connectivity index (χ0v) is 14.6. The van der Waals surface area contributed by atoms with Crippen LogP contribution in [0, 0.1) is 11.8 Å². The standard InChI is InChI=1S/C19H19N2O5/c1-13-12-14(8-9-17(13)21(24)25-2)26-11-5-10-20-18(22)15-6-3-4-7-16(15)19(20)23/h3-4,6-9,12H,5,10-11H2,1-2H3/q+1. The third-order valence-electron chi connectivity index (χ3n) is 4.20. The molecule has 0 saturated carbocycles. The van der Waals surface area contributed by atoms with E-state index in [9.17, 15) is 14.5 Å². The summed E-state index contributed by atoms with van der Waals surface area (Å²) in [6.45, 7) is 2.42. The summed E-state index contributed by atoms with van der Waals surface area (Å²) in [7, 11) is 1.30. The summed E-state index contributed by atoms with van der Waals surface area (Å²) in [5.41, 5.74) is 2.03. The van der Waals surface area contributed by atoms with Gasteiger partial charge in [0.1, 0.15) is 5.75 Å². The number of carbonyl (C=O) groups is 2. The predicted octanol–water partition coefficient (Wildman–Crippen LogP) is 3.03. The van der Waals surface area contributed by atoms with E-state index in [0.29, 0.717) is 47.1 Å². The van der Waals surface area contributed by atoms with Gasteiger partial charge in [-0.15, -0.1) is 0 Å². The van der Waals surface area contributed by atoms with Crippen molar-refractivity contribution in [2.75, 3.05) is 20.3 Å². The molecule has 0 atom stereocenters. The van der Waals surface area contributed by atoms with Crippen LogP contribution in [0.15, 0.2) is 42.5 Å². The van der Waals surface area contributed by atoms with Gasteiger partial charge in [0, 0.05) is 18.2 Å². The predicted molar refractivity (Wildman–Crippen MR) is 93.4 cm³/mol. The van der Waals surface area contributed by atoms with Crippen LogP contribution in [-0.4, -0.2) is 41.9 Å². The van der Waals surface area contributed by atoms with E-state index in [0.717, 1.165) is 5.56 Å². The Morgan fingerprint density at radius 3 is 2.27 bits per heavy atom. The molecule has 1 heterocycles. The van der Waals surface area contributed by atoms with E-state index in [-0.39, 0.29) is 11.8 Å². The molecule has 26 heavy (non-hydrogen) atoms.